The van der Waals surface area contributed by atoms with Crippen molar-refractivity contribution >= 4 is 5.78 Å². The summed E-state index contributed by atoms with van der Waals surface area (Å²) >= 11 is 0. The van der Waals surface area contributed by atoms with E-state index in [4.69, 9.17) is 0 Å². The van der Waals surface area contributed by atoms with Crippen molar-refractivity contribution in [2.75, 3.05) is 13.7 Å². The van der Waals surface area contributed by atoms with E-state index in [1.165, 1.54) is 0 Å². The summed E-state index contributed by atoms with van der Waals surface area (Å²) in [5.41, 5.74) is -0.202. The van der Waals surface area contributed by atoms with Gasteiger partial charge in [0.2, 0.25) is 0 Å². The topological polar surface area (TPSA) is 40.5 Å². The van der Waals surface area contributed by atoms with Gasteiger partial charge in [-0.25, -0.2) is 0 Å². The standard InChI is InChI=1S/C10H17NO2/c1-6-8(5-12)9-4-10(9,7(2)13)11(6)3/h6,8-9,12H,4-5H2,1-3H3. The van der Waals surface area contributed by atoms with E-state index in [2.05, 4.69) is 11.8 Å². The van der Waals surface area contributed by atoms with Gasteiger partial charge in [0.25, 0.3) is 0 Å². The van der Waals surface area contributed by atoms with Crippen molar-refractivity contribution in [2.24, 2.45) is 11.8 Å². The van der Waals surface area contributed by atoms with Crippen LogP contribution in [0.25, 0.3) is 0 Å². The highest BCUT2D eigenvalue weighted by Crippen LogP contribution is 2.60. The fourth-order valence-electron chi connectivity index (χ4n) is 3.11. The second-order valence-electron chi connectivity index (χ2n) is 4.49. The average molecular weight is 183 g/mol. The highest BCUT2D eigenvalue weighted by Gasteiger charge is 2.70. The van der Waals surface area contributed by atoms with Crippen LogP contribution in [0.2, 0.25) is 0 Å². The Labute approximate surface area is 78.7 Å². The molecule has 4 unspecified atom stereocenters. The predicted octanol–water partition coefficient (Wildman–Crippen LogP) is 0.276. The van der Waals surface area contributed by atoms with Gasteiger partial charge >= 0.3 is 0 Å². The first kappa shape index (κ1) is 9.16. The second-order valence-corrected chi connectivity index (χ2v) is 4.49. The number of piperidine rings is 1. The van der Waals surface area contributed by atoms with Crippen molar-refractivity contribution in [3.05, 3.63) is 0 Å². The lowest BCUT2D eigenvalue weighted by molar-refractivity contribution is -0.123. The van der Waals surface area contributed by atoms with E-state index in [1.54, 1.807) is 6.92 Å². The maximum absolute atomic E-state index is 11.5. The Kier molecular flexibility index (Phi) is 1.79. The summed E-state index contributed by atoms with van der Waals surface area (Å²) in [5, 5.41) is 9.21. The highest BCUT2D eigenvalue weighted by molar-refractivity contribution is 5.90. The number of aliphatic hydroxyl groups is 1. The molecule has 2 rings (SSSR count). The molecular formula is C10H17NO2. The number of carbonyl (C=O) groups is 1. The first-order valence-corrected chi connectivity index (χ1v) is 4.90. The maximum Gasteiger partial charge on any atom is 0.150 e. The third kappa shape index (κ3) is 0.891. The van der Waals surface area contributed by atoms with Gasteiger partial charge in [-0.1, -0.05) is 0 Å². The zero-order chi connectivity index (χ0) is 9.80. The lowest BCUT2D eigenvalue weighted by Gasteiger charge is -2.28. The van der Waals surface area contributed by atoms with E-state index in [0.29, 0.717) is 17.9 Å². The fourth-order valence-corrected chi connectivity index (χ4v) is 3.11. The van der Waals surface area contributed by atoms with Gasteiger partial charge in [-0.05, 0) is 33.2 Å². The first-order chi connectivity index (χ1) is 6.05. The van der Waals surface area contributed by atoms with Gasteiger partial charge in [0, 0.05) is 18.6 Å². The van der Waals surface area contributed by atoms with Crippen LogP contribution in [0.1, 0.15) is 20.3 Å². The Morgan fingerprint density at radius 3 is 2.62 bits per heavy atom. The minimum Gasteiger partial charge on any atom is -0.396 e. The lowest BCUT2D eigenvalue weighted by Crippen LogP contribution is -2.42. The van der Waals surface area contributed by atoms with Gasteiger partial charge in [-0.15, -0.1) is 0 Å². The summed E-state index contributed by atoms with van der Waals surface area (Å²) in [6.07, 6.45) is 0.953. The van der Waals surface area contributed by atoms with Crippen molar-refractivity contribution in [3.8, 4) is 0 Å². The number of likely N-dealkylation sites (tertiary alicyclic amines) is 1. The van der Waals surface area contributed by atoms with Crippen LogP contribution in [0.3, 0.4) is 0 Å². The van der Waals surface area contributed by atoms with Gasteiger partial charge in [0.1, 0.15) is 5.78 Å². The van der Waals surface area contributed by atoms with Gasteiger partial charge in [-0.3, -0.25) is 9.69 Å². The molecule has 2 fully saturated rings. The summed E-state index contributed by atoms with van der Waals surface area (Å²) in [7, 11) is 2.00. The van der Waals surface area contributed by atoms with E-state index in [-0.39, 0.29) is 17.9 Å². The number of hydrogen-bond acceptors (Lipinski definition) is 3. The normalized spacial score (nSPS) is 49.1. The van der Waals surface area contributed by atoms with Crippen molar-refractivity contribution in [3.63, 3.8) is 0 Å². The van der Waals surface area contributed by atoms with Crippen LogP contribution in [-0.4, -0.2) is 41.0 Å². The lowest BCUT2D eigenvalue weighted by atomic mass is 9.99. The minimum absolute atomic E-state index is 0.202. The fraction of sp³-hybridized carbons (Fsp3) is 0.900. The Morgan fingerprint density at radius 1 is 1.69 bits per heavy atom. The van der Waals surface area contributed by atoms with Crippen LogP contribution in [0.4, 0.5) is 0 Å². The van der Waals surface area contributed by atoms with Crippen LogP contribution >= 0.6 is 0 Å². The summed E-state index contributed by atoms with van der Waals surface area (Å²) in [6.45, 7) is 3.98. The quantitative estimate of drug-likeness (QED) is 0.668. The molecule has 1 N–H and O–H groups in total. The monoisotopic (exact) mass is 183 g/mol. The van der Waals surface area contributed by atoms with Crippen LogP contribution in [0, 0.1) is 11.8 Å². The van der Waals surface area contributed by atoms with E-state index >= 15 is 0 Å². The Morgan fingerprint density at radius 2 is 2.31 bits per heavy atom. The largest absolute Gasteiger partial charge is 0.396 e. The first-order valence-electron chi connectivity index (χ1n) is 4.90. The molecule has 74 valence electrons. The Balaban J connectivity index is 2.26. The molecule has 4 atom stereocenters. The zero-order valence-corrected chi connectivity index (χ0v) is 8.45. The predicted molar refractivity (Wildman–Crippen MR) is 49.3 cm³/mol. The number of fused-ring (bicyclic) bond motifs is 1. The van der Waals surface area contributed by atoms with Gasteiger partial charge in [0.05, 0.1) is 5.54 Å². The van der Waals surface area contributed by atoms with Crippen LogP contribution < -0.4 is 0 Å². The number of aliphatic hydroxyl groups excluding tert-OH is 1. The molecule has 1 aliphatic carbocycles. The number of carbonyl (C=O) groups excluding carboxylic acids is 1. The number of likely N-dealkylation sites (N-methyl/N-ethyl adjacent to an activating group) is 1. The molecule has 0 amide bonds. The van der Waals surface area contributed by atoms with Crippen molar-refractivity contribution in [1.82, 2.24) is 4.90 Å². The van der Waals surface area contributed by atoms with Gasteiger partial charge < -0.3 is 5.11 Å². The molecule has 13 heavy (non-hydrogen) atoms. The maximum atomic E-state index is 11.5. The summed E-state index contributed by atoms with van der Waals surface area (Å²) < 4.78 is 0. The third-order valence-corrected chi connectivity index (χ3v) is 4.18. The summed E-state index contributed by atoms with van der Waals surface area (Å²) in [4.78, 5) is 13.7. The van der Waals surface area contributed by atoms with E-state index in [0.717, 1.165) is 6.42 Å². The number of nitrogens with zero attached hydrogens (tertiary/aromatic N) is 1. The average Bonchev–Trinajstić information content (AvgIpc) is 2.76. The Hall–Kier alpha value is -0.410. The Bertz CT molecular complexity index is 253. The molecule has 1 aliphatic heterocycles. The zero-order valence-electron chi connectivity index (χ0n) is 8.45. The molecule has 1 saturated carbocycles. The van der Waals surface area contributed by atoms with Crippen molar-refractivity contribution in [1.29, 1.82) is 0 Å². The summed E-state index contributed by atoms with van der Waals surface area (Å²) in [6, 6.07) is 0.340. The molecule has 0 aromatic rings. The highest BCUT2D eigenvalue weighted by atomic mass is 16.3. The second kappa shape index (κ2) is 2.55. The number of Topliss-reactive ketones (excluding diaryl/α,β-unsaturated/α-hetero) is 1. The molecule has 0 spiro atoms. The van der Waals surface area contributed by atoms with Crippen molar-refractivity contribution in [2.45, 2.75) is 31.8 Å². The van der Waals surface area contributed by atoms with Gasteiger partial charge in [0.15, 0.2) is 0 Å². The molecule has 3 nitrogen and oxygen atoms in total. The minimum atomic E-state index is -0.202. The SMILES string of the molecule is CC(=O)C12CC1C(CO)C(C)N2C. The molecule has 0 aromatic carbocycles. The molecule has 0 aromatic heterocycles. The third-order valence-electron chi connectivity index (χ3n) is 4.18. The molecule has 2 aliphatic rings. The van der Waals surface area contributed by atoms with Crippen LogP contribution in [-0.2, 0) is 4.79 Å². The van der Waals surface area contributed by atoms with E-state index in [9.17, 15) is 9.90 Å². The smallest absolute Gasteiger partial charge is 0.150 e. The van der Waals surface area contributed by atoms with Crippen molar-refractivity contribution < 1.29 is 9.90 Å². The molecular weight excluding hydrogens is 166 g/mol. The number of hydrogen-bond donors (Lipinski definition) is 1. The molecule has 1 saturated heterocycles. The molecule has 3 heteroatoms. The molecule has 0 radical (unpaired) electrons. The number of ketones is 1. The number of rotatable bonds is 2. The summed E-state index contributed by atoms with van der Waals surface area (Å²) in [5.74, 6) is 0.978. The van der Waals surface area contributed by atoms with Crippen LogP contribution in [0.15, 0.2) is 0 Å². The molecule has 1 heterocycles. The molecule has 0 bridgehead atoms. The van der Waals surface area contributed by atoms with E-state index < -0.39 is 0 Å². The van der Waals surface area contributed by atoms with Gasteiger partial charge in [-0.2, -0.15) is 0 Å². The van der Waals surface area contributed by atoms with Crippen LogP contribution in [0.5, 0.6) is 0 Å². The van der Waals surface area contributed by atoms with E-state index in [1.807, 2.05) is 7.05 Å².